The number of aromatic hydroxyl groups is 4. The van der Waals surface area contributed by atoms with Crippen molar-refractivity contribution < 1.29 is 20.4 Å². The van der Waals surface area contributed by atoms with Gasteiger partial charge in [0.1, 0.15) is 23.0 Å². The monoisotopic (exact) mass is 466 g/mol. The van der Waals surface area contributed by atoms with Gasteiger partial charge in [0.15, 0.2) is 0 Å². The molecule has 0 amide bonds. The van der Waals surface area contributed by atoms with E-state index in [0.717, 1.165) is 0 Å². The van der Waals surface area contributed by atoms with Crippen molar-refractivity contribution in [3.8, 4) is 23.0 Å². The fourth-order valence-corrected chi connectivity index (χ4v) is 5.67. The van der Waals surface area contributed by atoms with Gasteiger partial charge in [0.2, 0.25) is 0 Å². The lowest BCUT2D eigenvalue weighted by Gasteiger charge is -2.12. The number of benzene rings is 4. The van der Waals surface area contributed by atoms with E-state index in [-0.39, 0.29) is 23.0 Å². The average Bonchev–Trinajstić information content (AvgIpc) is 2.76. The molecule has 0 saturated carbocycles. The van der Waals surface area contributed by atoms with Crippen LogP contribution in [-0.4, -0.2) is 20.4 Å². The molecule has 4 N–H and O–H groups in total. The van der Waals surface area contributed by atoms with Crippen LogP contribution in [0.5, 0.6) is 23.0 Å². The van der Waals surface area contributed by atoms with Crippen molar-refractivity contribution in [1.82, 2.24) is 0 Å². The van der Waals surface area contributed by atoms with Crippen LogP contribution < -0.4 is 0 Å². The summed E-state index contributed by atoms with van der Waals surface area (Å²) in [5.74, 6) is 0.464. The summed E-state index contributed by atoms with van der Waals surface area (Å²) >= 11 is 3.78. The zero-order valence-corrected chi connectivity index (χ0v) is 18.5. The van der Waals surface area contributed by atoms with Gasteiger partial charge in [-0.2, -0.15) is 0 Å². The van der Waals surface area contributed by atoms with Crippen LogP contribution in [0.15, 0.2) is 114 Å². The van der Waals surface area contributed by atoms with Crippen molar-refractivity contribution in [2.24, 2.45) is 0 Å². The lowest BCUT2D eigenvalue weighted by molar-refractivity contribution is 0.446. The number of para-hydroxylation sites is 4. The highest BCUT2D eigenvalue weighted by molar-refractivity contribution is 8.01. The first-order chi connectivity index (χ1) is 15.0. The number of hydrogen-bond donors (Lipinski definition) is 4. The van der Waals surface area contributed by atoms with E-state index in [2.05, 4.69) is 0 Å². The Kier molecular flexibility index (Phi) is 6.56. The Bertz CT molecular complexity index is 1130. The third kappa shape index (κ3) is 4.90. The zero-order chi connectivity index (χ0) is 21.8. The second-order valence-electron chi connectivity index (χ2n) is 6.45. The molecule has 0 aliphatic rings. The first-order valence-electron chi connectivity index (χ1n) is 9.26. The minimum absolute atomic E-state index is 0.0823. The third-order valence-corrected chi connectivity index (χ3v) is 7.64. The van der Waals surface area contributed by atoms with Crippen LogP contribution in [0.25, 0.3) is 0 Å². The van der Waals surface area contributed by atoms with Gasteiger partial charge in [-0.05, 0) is 48.5 Å². The molecule has 0 spiro atoms. The molecule has 0 aromatic heterocycles. The Morgan fingerprint density at radius 1 is 0.355 bits per heavy atom. The molecule has 4 aromatic carbocycles. The maximum Gasteiger partial charge on any atom is 0.143 e. The molecular weight excluding hydrogens is 448 g/mol. The first kappa shape index (κ1) is 21.4. The minimum Gasteiger partial charge on any atom is -0.507 e. The van der Waals surface area contributed by atoms with E-state index in [9.17, 15) is 20.4 Å². The Morgan fingerprint density at radius 2 is 0.645 bits per heavy atom. The normalized spacial score (nSPS) is 10.8. The summed E-state index contributed by atoms with van der Waals surface area (Å²) in [5.41, 5.74) is 0. The molecule has 156 valence electrons. The van der Waals surface area contributed by atoms with Gasteiger partial charge in [-0.25, -0.2) is 0 Å². The van der Waals surface area contributed by atoms with Crippen LogP contribution in [0.2, 0.25) is 0 Å². The molecule has 4 aromatic rings. The third-order valence-electron chi connectivity index (χ3n) is 4.31. The van der Waals surface area contributed by atoms with Crippen LogP contribution in [0.1, 0.15) is 0 Å². The number of phenolic OH excluding ortho intramolecular Hbond substituents is 4. The van der Waals surface area contributed by atoms with E-state index in [4.69, 9.17) is 0 Å². The molecule has 31 heavy (non-hydrogen) atoms. The predicted molar refractivity (Wildman–Crippen MR) is 125 cm³/mol. The predicted octanol–water partition coefficient (Wildman–Crippen LogP) is 6.96. The molecule has 4 rings (SSSR count). The quantitative estimate of drug-likeness (QED) is 0.244. The Hall–Kier alpha value is -2.87. The highest BCUT2D eigenvalue weighted by Crippen LogP contribution is 2.48. The second kappa shape index (κ2) is 9.51. The highest BCUT2D eigenvalue weighted by atomic mass is 32.2. The fraction of sp³-hybridized carbons (Fsp3) is 0. The van der Waals surface area contributed by atoms with E-state index in [0.29, 0.717) is 29.4 Å². The van der Waals surface area contributed by atoms with Gasteiger partial charge in [-0.3, -0.25) is 0 Å². The number of rotatable bonds is 6. The summed E-state index contributed by atoms with van der Waals surface area (Å²) in [5, 5.41) is 41.6. The lowest BCUT2D eigenvalue weighted by atomic mass is 10.3. The fourth-order valence-electron chi connectivity index (χ4n) is 2.78. The van der Waals surface area contributed by atoms with Gasteiger partial charge in [0.25, 0.3) is 0 Å². The molecule has 0 unspecified atom stereocenters. The summed E-state index contributed by atoms with van der Waals surface area (Å²) in [6.07, 6.45) is 0. The summed E-state index contributed by atoms with van der Waals surface area (Å²) in [7, 11) is 0. The molecular formula is C24H18O4S3. The van der Waals surface area contributed by atoms with Crippen LogP contribution in [-0.2, 0) is 0 Å². The molecule has 0 aliphatic heterocycles. The molecule has 4 nitrogen and oxygen atoms in total. The van der Waals surface area contributed by atoms with Gasteiger partial charge in [-0.15, -0.1) is 0 Å². The first-order valence-corrected chi connectivity index (χ1v) is 11.7. The van der Waals surface area contributed by atoms with Crippen molar-refractivity contribution in [2.45, 2.75) is 29.4 Å². The van der Waals surface area contributed by atoms with E-state index in [1.165, 1.54) is 35.3 Å². The minimum atomic E-state index is 0.0823. The summed E-state index contributed by atoms with van der Waals surface area (Å²) in [6.45, 7) is 0. The van der Waals surface area contributed by atoms with Crippen LogP contribution in [0.4, 0.5) is 0 Å². The Labute approximate surface area is 192 Å². The van der Waals surface area contributed by atoms with Crippen molar-refractivity contribution in [1.29, 1.82) is 0 Å². The van der Waals surface area contributed by atoms with E-state index < -0.39 is 0 Å². The molecule has 0 atom stereocenters. The van der Waals surface area contributed by atoms with Gasteiger partial charge in [0, 0.05) is 0 Å². The number of hydrogen-bond acceptors (Lipinski definition) is 7. The molecule has 0 radical (unpaired) electrons. The smallest absolute Gasteiger partial charge is 0.143 e. The van der Waals surface area contributed by atoms with Crippen molar-refractivity contribution in [3.05, 3.63) is 84.9 Å². The van der Waals surface area contributed by atoms with Gasteiger partial charge in [0.05, 0.1) is 29.4 Å². The molecule has 0 saturated heterocycles. The average molecular weight is 467 g/mol. The Morgan fingerprint density at radius 3 is 1.00 bits per heavy atom. The summed E-state index contributed by atoms with van der Waals surface area (Å²) in [4.78, 5) is 3.66. The van der Waals surface area contributed by atoms with Crippen molar-refractivity contribution in [3.63, 3.8) is 0 Å². The topological polar surface area (TPSA) is 80.9 Å². The van der Waals surface area contributed by atoms with Gasteiger partial charge in [-0.1, -0.05) is 71.7 Å². The maximum absolute atomic E-state index is 10.8. The lowest BCUT2D eigenvalue weighted by Crippen LogP contribution is -1.83. The van der Waals surface area contributed by atoms with E-state index in [1.54, 1.807) is 60.7 Å². The molecule has 7 heteroatoms. The number of phenols is 4. The van der Waals surface area contributed by atoms with Gasteiger partial charge >= 0.3 is 0 Å². The van der Waals surface area contributed by atoms with Crippen LogP contribution in [0.3, 0.4) is 0 Å². The maximum atomic E-state index is 10.8. The largest absolute Gasteiger partial charge is 0.507 e. The van der Waals surface area contributed by atoms with Gasteiger partial charge < -0.3 is 20.4 Å². The molecule has 0 bridgehead atoms. The van der Waals surface area contributed by atoms with Crippen LogP contribution >= 0.6 is 35.3 Å². The van der Waals surface area contributed by atoms with Crippen molar-refractivity contribution in [2.75, 3.05) is 0 Å². The standard InChI is InChI=1S/C24H18O4S3/c25-15-7-1-3-9-17(15)29-19-11-5-13-21(23(19)27)31-22-14-6-12-20(24(22)28)30-18-10-4-2-8-16(18)26/h1-14,25-28H. The van der Waals surface area contributed by atoms with E-state index in [1.807, 2.05) is 24.3 Å². The molecule has 0 aliphatic carbocycles. The Balaban J connectivity index is 1.60. The SMILES string of the molecule is Oc1ccccc1Sc1cccc(Sc2cccc(Sc3ccccc3O)c2O)c1O. The second-order valence-corrected chi connectivity index (χ2v) is 9.70. The molecule has 0 heterocycles. The zero-order valence-electron chi connectivity index (χ0n) is 16.1. The molecule has 0 fully saturated rings. The van der Waals surface area contributed by atoms with E-state index >= 15 is 0 Å². The summed E-state index contributed by atoms with van der Waals surface area (Å²) in [6, 6.07) is 24.7. The highest BCUT2D eigenvalue weighted by Gasteiger charge is 2.15. The van der Waals surface area contributed by atoms with Crippen molar-refractivity contribution >= 4 is 35.3 Å². The summed E-state index contributed by atoms with van der Waals surface area (Å²) < 4.78 is 0. The van der Waals surface area contributed by atoms with Crippen LogP contribution in [0, 0.1) is 0 Å².